The summed E-state index contributed by atoms with van der Waals surface area (Å²) in [5.41, 5.74) is 1.15. The first kappa shape index (κ1) is 19.7. The van der Waals surface area contributed by atoms with E-state index in [1.54, 1.807) is 24.3 Å². The largest absolute Gasteiger partial charge is 0.491 e. The molecule has 1 aromatic heterocycles. The lowest BCUT2D eigenvalue weighted by Crippen LogP contribution is -2.39. The first-order chi connectivity index (χ1) is 13.5. The van der Waals surface area contributed by atoms with Gasteiger partial charge in [0.1, 0.15) is 17.9 Å². The number of nitriles is 1. The summed E-state index contributed by atoms with van der Waals surface area (Å²) in [4.78, 5) is 16.6. The fourth-order valence-corrected chi connectivity index (χ4v) is 3.24. The SMILES string of the molecule is CC(C)Oc1ccc(C(=O)NC2CCC(Oc3ccc(C#N)cn3)CC2)cc1. The Hall–Kier alpha value is -3.07. The van der Waals surface area contributed by atoms with E-state index in [1.165, 1.54) is 6.20 Å². The van der Waals surface area contributed by atoms with E-state index < -0.39 is 0 Å². The third-order valence-corrected chi connectivity index (χ3v) is 4.65. The number of nitrogens with one attached hydrogen (secondary N) is 1. The van der Waals surface area contributed by atoms with Crippen molar-refractivity contribution in [2.24, 2.45) is 0 Å². The molecule has 6 heteroatoms. The molecule has 1 fully saturated rings. The van der Waals surface area contributed by atoms with Crippen LogP contribution in [0.15, 0.2) is 42.6 Å². The van der Waals surface area contributed by atoms with Gasteiger partial charge in [0.05, 0.1) is 11.7 Å². The summed E-state index contributed by atoms with van der Waals surface area (Å²) in [6.45, 7) is 3.94. The highest BCUT2D eigenvalue weighted by atomic mass is 16.5. The van der Waals surface area contributed by atoms with Crippen molar-refractivity contribution in [1.82, 2.24) is 10.3 Å². The first-order valence-corrected chi connectivity index (χ1v) is 9.64. The molecule has 0 aliphatic heterocycles. The molecule has 1 amide bonds. The second-order valence-electron chi connectivity index (χ2n) is 7.25. The summed E-state index contributed by atoms with van der Waals surface area (Å²) in [6.07, 6.45) is 5.14. The highest BCUT2D eigenvalue weighted by Crippen LogP contribution is 2.23. The molecule has 0 spiro atoms. The summed E-state index contributed by atoms with van der Waals surface area (Å²) in [7, 11) is 0. The number of amides is 1. The summed E-state index contributed by atoms with van der Waals surface area (Å²) in [5.74, 6) is 1.24. The second kappa shape index (κ2) is 9.23. The molecular formula is C22H25N3O3. The molecule has 6 nitrogen and oxygen atoms in total. The van der Waals surface area contributed by atoms with Gasteiger partial charge in [-0.3, -0.25) is 4.79 Å². The first-order valence-electron chi connectivity index (χ1n) is 9.64. The summed E-state index contributed by atoms with van der Waals surface area (Å²) in [6, 6.07) is 12.8. The highest BCUT2D eigenvalue weighted by Gasteiger charge is 2.24. The molecule has 1 aliphatic rings. The minimum absolute atomic E-state index is 0.0609. The fraction of sp³-hybridized carbons (Fsp3) is 0.409. The number of nitrogens with zero attached hydrogens (tertiary/aromatic N) is 2. The molecule has 3 rings (SSSR count). The second-order valence-corrected chi connectivity index (χ2v) is 7.25. The van der Waals surface area contributed by atoms with Gasteiger partial charge in [-0.15, -0.1) is 0 Å². The molecule has 2 aromatic rings. The number of hydrogen-bond acceptors (Lipinski definition) is 5. The van der Waals surface area contributed by atoms with Gasteiger partial charge in [0.2, 0.25) is 5.88 Å². The third-order valence-electron chi connectivity index (χ3n) is 4.65. The topological polar surface area (TPSA) is 84.2 Å². The molecule has 1 aromatic carbocycles. The molecule has 1 saturated carbocycles. The number of rotatable bonds is 6. The Morgan fingerprint density at radius 2 is 1.86 bits per heavy atom. The number of pyridine rings is 1. The highest BCUT2D eigenvalue weighted by molar-refractivity contribution is 5.94. The average molecular weight is 379 g/mol. The van der Waals surface area contributed by atoms with Crippen molar-refractivity contribution in [3.8, 4) is 17.7 Å². The van der Waals surface area contributed by atoms with Crippen LogP contribution in [0.1, 0.15) is 55.5 Å². The number of carbonyl (C=O) groups is 1. The predicted molar refractivity (Wildman–Crippen MR) is 105 cm³/mol. The molecule has 146 valence electrons. The summed E-state index contributed by atoms with van der Waals surface area (Å²) >= 11 is 0. The van der Waals surface area contributed by atoms with Crippen molar-refractivity contribution in [3.63, 3.8) is 0 Å². The molecule has 1 aliphatic carbocycles. The fourth-order valence-electron chi connectivity index (χ4n) is 3.24. The molecule has 0 bridgehead atoms. The molecule has 0 saturated heterocycles. The Bertz CT molecular complexity index is 818. The minimum atomic E-state index is -0.0609. The molecule has 0 radical (unpaired) electrons. The van der Waals surface area contributed by atoms with Gasteiger partial charge in [-0.05, 0) is 69.9 Å². The molecule has 0 atom stereocenters. The van der Waals surface area contributed by atoms with Crippen LogP contribution in [0.25, 0.3) is 0 Å². The van der Waals surface area contributed by atoms with Crippen LogP contribution in [0, 0.1) is 11.3 Å². The lowest BCUT2D eigenvalue weighted by atomic mass is 9.92. The van der Waals surface area contributed by atoms with E-state index in [1.807, 2.05) is 32.0 Å². The maximum atomic E-state index is 12.5. The smallest absolute Gasteiger partial charge is 0.251 e. The van der Waals surface area contributed by atoms with E-state index in [-0.39, 0.29) is 24.2 Å². The van der Waals surface area contributed by atoms with Crippen molar-refractivity contribution >= 4 is 5.91 Å². The maximum Gasteiger partial charge on any atom is 0.251 e. The monoisotopic (exact) mass is 379 g/mol. The zero-order chi connectivity index (χ0) is 19.9. The standard InChI is InChI=1S/C22H25N3O3/c1-15(2)27-19-8-4-17(5-9-19)22(26)25-18-6-10-20(11-7-18)28-21-12-3-16(13-23)14-24-21/h3-5,8-9,12,14-15,18,20H,6-7,10-11H2,1-2H3,(H,25,26). The Morgan fingerprint density at radius 3 is 2.43 bits per heavy atom. The van der Waals surface area contributed by atoms with Crippen LogP contribution in [0.2, 0.25) is 0 Å². The van der Waals surface area contributed by atoms with E-state index in [9.17, 15) is 4.79 Å². The normalized spacial score (nSPS) is 18.9. The van der Waals surface area contributed by atoms with Crippen molar-refractivity contribution in [2.75, 3.05) is 0 Å². The van der Waals surface area contributed by atoms with Crippen LogP contribution in [0.5, 0.6) is 11.6 Å². The van der Waals surface area contributed by atoms with E-state index in [2.05, 4.69) is 10.3 Å². The van der Waals surface area contributed by atoms with Gasteiger partial charge < -0.3 is 14.8 Å². The van der Waals surface area contributed by atoms with E-state index >= 15 is 0 Å². The predicted octanol–water partition coefficient (Wildman–Crippen LogP) is 3.86. The number of hydrogen-bond donors (Lipinski definition) is 1. The van der Waals surface area contributed by atoms with E-state index in [0.29, 0.717) is 17.0 Å². The molecule has 28 heavy (non-hydrogen) atoms. The third kappa shape index (κ3) is 5.46. The molecule has 0 unspecified atom stereocenters. The van der Waals surface area contributed by atoms with Gasteiger partial charge in [-0.1, -0.05) is 0 Å². The van der Waals surface area contributed by atoms with E-state index in [0.717, 1.165) is 31.4 Å². The molecule has 1 N–H and O–H groups in total. The Kier molecular flexibility index (Phi) is 6.49. The minimum Gasteiger partial charge on any atom is -0.491 e. The number of aromatic nitrogens is 1. The zero-order valence-electron chi connectivity index (χ0n) is 16.2. The summed E-state index contributed by atoms with van der Waals surface area (Å²) < 4.78 is 11.5. The quantitative estimate of drug-likeness (QED) is 0.824. The van der Waals surface area contributed by atoms with Crippen molar-refractivity contribution in [1.29, 1.82) is 5.26 Å². The van der Waals surface area contributed by atoms with Gasteiger partial charge in [0, 0.05) is 23.9 Å². The Labute approximate surface area is 165 Å². The summed E-state index contributed by atoms with van der Waals surface area (Å²) in [5, 5.41) is 11.9. The van der Waals surface area contributed by atoms with Crippen LogP contribution in [0.4, 0.5) is 0 Å². The molecular weight excluding hydrogens is 354 g/mol. The van der Waals surface area contributed by atoms with Gasteiger partial charge in [-0.25, -0.2) is 4.98 Å². The number of ether oxygens (including phenoxy) is 2. The van der Waals surface area contributed by atoms with Crippen molar-refractivity contribution in [2.45, 2.75) is 57.8 Å². The van der Waals surface area contributed by atoms with Crippen molar-refractivity contribution in [3.05, 3.63) is 53.7 Å². The van der Waals surface area contributed by atoms with E-state index in [4.69, 9.17) is 14.7 Å². The average Bonchev–Trinajstić information content (AvgIpc) is 2.70. The van der Waals surface area contributed by atoms with Crippen LogP contribution in [0.3, 0.4) is 0 Å². The lowest BCUT2D eigenvalue weighted by molar-refractivity contribution is 0.0890. The van der Waals surface area contributed by atoms with Gasteiger partial charge in [-0.2, -0.15) is 5.26 Å². The maximum absolute atomic E-state index is 12.5. The zero-order valence-corrected chi connectivity index (χ0v) is 16.2. The number of carbonyl (C=O) groups excluding carboxylic acids is 1. The van der Waals surface area contributed by atoms with Gasteiger partial charge >= 0.3 is 0 Å². The Morgan fingerprint density at radius 1 is 1.14 bits per heavy atom. The lowest BCUT2D eigenvalue weighted by Gasteiger charge is -2.29. The molecule has 1 heterocycles. The van der Waals surface area contributed by atoms with Gasteiger partial charge in [0.15, 0.2) is 0 Å². The number of benzene rings is 1. The van der Waals surface area contributed by atoms with Crippen LogP contribution >= 0.6 is 0 Å². The van der Waals surface area contributed by atoms with Crippen LogP contribution < -0.4 is 14.8 Å². The van der Waals surface area contributed by atoms with Gasteiger partial charge in [0.25, 0.3) is 5.91 Å². The van der Waals surface area contributed by atoms with Crippen LogP contribution in [-0.2, 0) is 0 Å². The van der Waals surface area contributed by atoms with Crippen LogP contribution in [-0.4, -0.2) is 29.1 Å². The van der Waals surface area contributed by atoms with Crippen molar-refractivity contribution < 1.29 is 14.3 Å². The Balaban J connectivity index is 1.45.